The summed E-state index contributed by atoms with van der Waals surface area (Å²) in [6, 6.07) is 9.88. The van der Waals surface area contributed by atoms with E-state index in [9.17, 15) is 18.0 Å². The van der Waals surface area contributed by atoms with Crippen LogP contribution in [0, 0.1) is 0 Å². The van der Waals surface area contributed by atoms with Gasteiger partial charge in [0.05, 0.1) is 11.8 Å². The summed E-state index contributed by atoms with van der Waals surface area (Å²) in [7, 11) is -3.27. The number of H-pyrrole nitrogens is 1. The molecule has 128 valence electrons. The highest BCUT2D eigenvalue weighted by molar-refractivity contribution is 7.92. The van der Waals surface area contributed by atoms with E-state index in [1.165, 1.54) is 18.3 Å². The topological polar surface area (TPSA) is 108 Å². The molecule has 0 aliphatic heterocycles. The first-order chi connectivity index (χ1) is 11.3. The molecule has 24 heavy (non-hydrogen) atoms. The maximum absolute atomic E-state index is 11.8. The van der Waals surface area contributed by atoms with Crippen LogP contribution >= 0.6 is 0 Å². The van der Waals surface area contributed by atoms with Crippen molar-refractivity contribution in [3.05, 3.63) is 64.1 Å². The Kier molecular flexibility index (Phi) is 5.75. The number of nitrogens with one attached hydrogen (secondary N) is 3. The second-order valence-electron chi connectivity index (χ2n) is 5.37. The van der Waals surface area contributed by atoms with E-state index in [4.69, 9.17) is 0 Å². The first kappa shape index (κ1) is 17.7. The summed E-state index contributed by atoms with van der Waals surface area (Å²) < 4.78 is 24.7. The minimum atomic E-state index is -3.27. The molecular formula is C16H19N3O4S. The van der Waals surface area contributed by atoms with Gasteiger partial charge in [0.2, 0.25) is 15.6 Å². The van der Waals surface area contributed by atoms with Crippen molar-refractivity contribution < 1.29 is 13.2 Å². The number of aromatic nitrogens is 1. The summed E-state index contributed by atoms with van der Waals surface area (Å²) in [6.45, 7) is 0.501. The van der Waals surface area contributed by atoms with Crippen molar-refractivity contribution in [2.45, 2.75) is 12.8 Å². The van der Waals surface area contributed by atoms with Gasteiger partial charge in [0.1, 0.15) is 0 Å². The van der Waals surface area contributed by atoms with Gasteiger partial charge in [-0.25, -0.2) is 8.42 Å². The number of pyridine rings is 1. The second kappa shape index (κ2) is 7.78. The van der Waals surface area contributed by atoms with Crippen molar-refractivity contribution in [1.29, 1.82) is 0 Å². The third-order valence-electron chi connectivity index (χ3n) is 3.23. The molecule has 0 saturated carbocycles. The van der Waals surface area contributed by atoms with Crippen LogP contribution in [0.5, 0.6) is 0 Å². The minimum Gasteiger partial charge on any atom is -0.352 e. The molecule has 2 aromatic rings. The van der Waals surface area contributed by atoms with Gasteiger partial charge < -0.3 is 10.3 Å². The van der Waals surface area contributed by atoms with Crippen LogP contribution in [-0.2, 0) is 16.4 Å². The molecule has 1 aromatic heterocycles. The maximum atomic E-state index is 11.8. The molecule has 1 heterocycles. The Morgan fingerprint density at radius 1 is 1.12 bits per heavy atom. The number of hydrogen-bond donors (Lipinski definition) is 3. The molecule has 0 bridgehead atoms. The van der Waals surface area contributed by atoms with E-state index in [0.717, 1.165) is 24.7 Å². The Balaban J connectivity index is 1.77. The normalized spacial score (nSPS) is 11.0. The number of carbonyl (C=O) groups is 1. The number of carbonyl (C=O) groups excluding carboxylic acids is 1. The molecule has 2 rings (SSSR count). The zero-order valence-corrected chi connectivity index (χ0v) is 14.0. The maximum Gasteiger partial charge on any atom is 0.252 e. The number of rotatable bonds is 7. The Morgan fingerprint density at radius 3 is 2.42 bits per heavy atom. The molecule has 0 radical (unpaired) electrons. The quantitative estimate of drug-likeness (QED) is 0.651. The minimum absolute atomic E-state index is 0.237. The van der Waals surface area contributed by atoms with E-state index in [1.54, 1.807) is 12.1 Å². The third kappa shape index (κ3) is 5.88. The summed E-state index contributed by atoms with van der Waals surface area (Å²) in [4.78, 5) is 25.2. The number of hydrogen-bond acceptors (Lipinski definition) is 4. The zero-order chi connectivity index (χ0) is 17.6. The lowest BCUT2D eigenvalue weighted by Crippen LogP contribution is -2.25. The van der Waals surface area contributed by atoms with Gasteiger partial charge in [0.15, 0.2) is 0 Å². The molecule has 1 amide bonds. The summed E-state index contributed by atoms with van der Waals surface area (Å²) in [5, 5.41) is 2.78. The van der Waals surface area contributed by atoms with Gasteiger partial charge in [-0.05, 0) is 36.6 Å². The van der Waals surface area contributed by atoms with Crippen molar-refractivity contribution in [3.63, 3.8) is 0 Å². The van der Waals surface area contributed by atoms with Crippen LogP contribution < -0.4 is 15.6 Å². The molecule has 3 N–H and O–H groups in total. The fraction of sp³-hybridized carbons (Fsp3) is 0.250. The highest BCUT2D eigenvalue weighted by Gasteiger charge is 2.05. The van der Waals surface area contributed by atoms with Crippen LogP contribution in [0.4, 0.5) is 5.69 Å². The number of aromatic amines is 1. The van der Waals surface area contributed by atoms with Crippen LogP contribution in [0.15, 0.2) is 47.4 Å². The van der Waals surface area contributed by atoms with Crippen molar-refractivity contribution in [3.8, 4) is 0 Å². The van der Waals surface area contributed by atoms with Crippen molar-refractivity contribution in [2.24, 2.45) is 0 Å². The van der Waals surface area contributed by atoms with E-state index in [-0.39, 0.29) is 11.5 Å². The Hall–Kier alpha value is -2.61. The van der Waals surface area contributed by atoms with Gasteiger partial charge in [-0.2, -0.15) is 0 Å². The molecule has 0 aliphatic carbocycles. The molecule has 0 atom stereocenters. The molecule has 1 aromatic carbocycles. The second-order valence-corrected chi connectivity index (χ2v) is 7.12. The summed E-state index contributed by atoms with van der Waals surface area (Å²) in [6.07, 6.45) is 3.98. The van der Waals surface area contributed by atoms with Gasteiger partial charge in [-0.3, -0.25) is 14.3 Å². The largest absolute Gasteiger partial charge is 0.352 e. The molecule has 0 aliphatic rings. The van der Waals surface area contributed by atoms with Crippen molar-refractivity contribution in [1.82, 2.24) is 10.3 Å². The van der Waals surface area contributed by atoms with E-state index >= 15 is 0 Å². The molecule has 8 heteroatoms. The zero-order valence-electron chi connectivity index (χ0n) is 13.2. The van der Waals surface area contributed by atoms with Crippen LogP contribution in [0.25, 0.3) is 0 Å². The number of benzene rings is 1. The molecule has 0 saturated heterocycles. The Morgan fingerprint density at radius 2 is 1.83 bits per heavy atom. The van der Waals surface area contributed by atoms with E-state index in [2.05, 4.69) is 15.0 Å². The molecule has 0 fully saturated rings. The Labute approximate surface area is 140 Å². The van der Waals surface area contributed by atoms with Crippen molar-refractivity contribution >= 4 is 21.6 Å². The number of aryl methyl sites for hydroxylation is 1. The lowest BCUT2D eigenvalue weighted by Gasteiger charge is -2.07. The number of amides is 1. The third-order valence-corrected chi connectivity index (χ3v) is 3.84. The van der Waals surface area contributed by atoms with Crippen LogP contribution in [0.3, 0.4) is 0 Å². The molecule has 7 nitrogen and oxygen atoms in total. The standard InChI is InChI=1S/C16H19N3O4S/c1-24(22,23)19-14-7-4-12(5-8-14)3-2-10-17-16(21)13-6-9-15(20)18-11-13/h4-9,11,19H,2-3,10H2,1H3,(H,17,21)(H,18,20). The number of sulfonamides is 1. The summed E-state index contributed by atoms with van der Waals surface area (Å²) in [5.41, 5.74) is 1.73. The Bertz CT molecular complexity index is 837. The average molecular weight is 349 g/mol. The molecule has 0 spiro atoms. The SMILES string of the molecule is CS(=O)(=O)Nc1ccc(CCCNC(=O)c2ccc(=O)[nH]c2)cc1. The predicted octanol–water partition coefficient (Wildman–Crippen LogP) is 1.11. The monoisotopic (exact) mass is 349 g/mol. The predicted molar refractivity (Wildman–Crippen MR) is 92.6 cm³/mol. The average Bonchev–Trinajstić information content (AvgIpc) is 2.52. The summed E-state index contributed by atoms with van der Waals surface area (Å²) >= 11 is 0. The van der Waals surface area contributed by atoms with Crippen LogP contribution in [-0.4, -0.2) is 32.1 Å². The van der Waals surface area contributed by atoms with Crippen LogP contribution in [0.2, 0.25) is 0 Å². The van der Waals surface area contributed by atoms with E-state index in [0.29, 0.717) is 17.8 Å². The lowest BCUT2D eigenvalue weighted by atomic mass is 10.1. The lowest BCUT2D eigenvalue weighted by molar-refractivity contribution is 0.0953. The first-order valence-electron chi connectivity index (χ1n) is 7.37. The van der Waals surface area contributed by atoms with Gasteiger partial charge in [-0.15, -0.1) is 0 Å². The fourth-order valence-electron chi connectivity index (χ4n) is 2.10. The van der Waals surface area contributed by atoms with Gasteiger partial charge >= 0.3 is 0 Å². The van der Waals surface area contributed by atoms with Gasteiger partial charge in [-0.1, -0.05) is 12.1 Å². The van der Waals surface area contributed by atoms with Gasteiger partial charge in [0.25, 0.3) is 5.91 Å². The highest BCUT2D eigenvalue weighted by Crippen LogP contribution is 2.12. The fourth-order valence-corrected chi connectivity index (χ4v) is 2.67. The van der Waals surface area contributed by atoms with Gasteiger partial charge in [0, 0.05) is 24.5 Å². The van der Waals surface area contributed by atoms with Crippen LogP contribution in [0.1, 0.15) is 22.3 Å². The molecule has 0 unspecified atom stereocenters. The smallest absolute Gasteiger partial charge is 0.252 e. The van der Waals surface area contributed by atoms with E-state index in [1.807, 2.05) is 12.1 Å². The van der Waals surface area contributed by atoms with Crippen molar-refractivity contribution in [2.75, 3.05) is 17.5 Å². The number of anilines is 1. The summed E-state index contributed by atoms with van der Waals surface area (Å²) in [5.74, 6) is -0.237. The molecular weight excluding hydrogens is 330 g/mol. The van der Waals surface area contributed by atoms with E-state index < -0.39 is 10.0 Å². The highest BCUT2D eigenvalue weighted by atomic mass is 32.2. The first-order valence-corrected chi connectivity index (χ1v) is 9.26.